The van der Waals surface area contributed by atoms with Crippen LogP contribution in [0, 0.1) is 23.7 Å². The topological polar surface area (TPSA) is 382 Å². The van der Waals surface area contributed by atoms with E-state index in [0.29, 0.717) is 71.5 Å². The van der Waals surface area contributed by atoms with Crippen molar-refractivity contribution in [1.29, 1.82) is 0 Å². The van der Waals surface area contributed by atoms with Crippen LogP contribution in [-0.2, 0) is 23.9 Å². The first-order valence-electron chi connectivity index (χ1n) is 19.4. The molecule has 3 saturated carbocycles. The number of carbonyl (C=O) groups excluding carboxylic acids is 3. The number of H-pyrrole nitrogens is 4. The van der Waals surface area contributed by atoms with E-state index in [4.69, 9.17) is 27.1 Å². The van der Waals surface area contributed by atoms with Crippen LogP contribution in [0.1, 0.15) is 114 Å². The number of ether oxygens (including phenoxy) is 2. The van der Waals surface area contributed by atoms with E-state index in [9.17, 15) is 28.8 Å². The van der Waals surface area contributed by atoms with Crippen molar-refractivity contribution < 1.29 is 29.1 Å². The number of nitrogens with two attached hydrogens (primary N) is 3. The van der Waals surface area contributed by atoms with Crippen LogP contribution in [0.25, 0.3) is 33.5 Å². The standard InChI is InChI=1S/C12H15N5O3.C11H14N6O3.C8H14O2.C5H5N5O.5CH4/c1-20-11(18)6-2-3-7(4-6)17-10-8(16-12(17)19)9(13)14-5-15-10;12-8-7-9(14-4-13-8)17(11(19)15-7)6-2-1-5(3-6)10(18)16-20;1-6-3-4-7(5-6)8(9)10-2;6-3-2-4(8-1-7-3)10-5(11)9-2;;;;;/h5-7H,2-4H2,1H3,(H,16,19)(H2,13,14,15);4-6,20H,1-3H2,(H,15,19)(H,16,18)(H2,12,13,14);6-7H,3-5H2,1-2H3;1H,(H4,6,7,8,9,10,11);5*1H4/t6-,7-;5-,6-;6-,7+;;;;;;/m110....../s1. The summed E-state index contributed by atoms with van der Waals surface area (Å²) in [6.07, 6.45) is 10.9. The van der Waals surface area contributed by atoms with Gasteiger partial charge in [-0.1, -0.05) is 44.1 Å². The summed E-state index contributed by atoms with van der Waals surface area (Å²) in [7, 11) is 2.84. The van der Waals surface area contributed by atoms with E-state index in [2.05, 4.69) is 61.5 Å². The lowest BCUT2D eigenvalue weighted by molar-refractivity contribution is -0.146. The van der Waals surface area contributed by atoms with E-state index < -0.39 is 5.91 Å². The summed E-state index contributed by atoms with van der Waals surface area (Å²) in [5.74, 6) is 0.495. The number of hydroxylamine groups is 1. The number of hydrogen-bond donors (Lipinski definition) is 9. The number of hydrogen-bond acceptors (Lipinski definition) is 18. The van der Waals surface area contributed by atoms with Gasteiger partial charge in [0.2, 0.25) is 5.91 Å². The van der Waals surface area contributed by atoms with Crippen molar-refractivity contribution in [2.45, 2.75) is 114 Å². The second-order valence-corrected chi connectivity index (χ2v) is 15.0. The number of amides is 1. The number of nitrogens with one attached hydrogen (secondary N) is 5. The van der Waals surface area contributed by atoms with Crippen molar-refractivity contribution in [3.05, 3.63) is 50.4 Å². The molecule has 6 heterocycles. The van der Waals surface area contributed by atoms with Gasteiger partial charge in [-0.2, -0.15) is 0 Å². The normalized spacial score (nSPS) is 20.1. The quantitative estimate of drug-likeness (QED) is 0.0675. The summed E-state index contributed by atoms with van der Waals surface area (Å²) in [6.45, 7) is 2.18. The van der Waals surface area contributed by atoms with Crippen molar-refractivity contribution in [3.63, 3.8) is 0 Å². The van der Waals surface area contributed by atoms with Crippen molar-refractivity contribution >= 4 is 68.8 Å². The maximum atomic E-state index is 12.1. The third kappa shape index (κ3) is 12.3. The highest BCUT2D eigenvalue weighted by Gasteiger charge is 2.35. The third-order valence-electron chi connectivity index (χ3n) is 11.2. The monoisotopic (exact) mass is 929 g/mol. The number of methoxy groups -OCH3 is 2. The molecule has 25 nitrogen and oxygen atoms in total. The Morgan fingerprint density at radius 1 is 0.606 bits per heavy atom. The zero-order valence-corrected chi connectivity index (χ0v) is 33.6. The Bertz CT molecular complexity index is 2580. The number of nitrogens with zero attached hydrogens (tertiary/aromatic N) is 8. The first kappa shape index (κ1) is 56.8. The molecule has 6 aromatic rings. The van der Waals surface area contributed by atoms with Crippen LogP contribution in [-0.4, -0.2) is 96.2 Å². The summed E-state index contributed by atoms with van der Waals surface area (Å²) in [6, 6.07) is -0.220. The zero-order valence-electron chi connectivity index (χ0n) is 33.6. The number of esters is 2. The van der Waals surface area contributed by atoms with E-state index in [0.717, 1.165) is 19.3 Å². The zero-order chi connectivity index (χ0) is 44.0. The van der Waals surface area contributed by atoms with Gasteiger partial charge in [-0.15, -0.1) is 0 Å². The molecule has 0 unspecified atom stereocenters. The fourth-order valence-electron chi connectivity index (χ4n) is 8.14. The molecule has 66 heavy (non-hydrogen) atoms. The van der Waals surface area contributed by atoms with Gasteiger partial charge in [-0.05, 0) is 63.7 Å². The average Bonchev–Trinajstić information content (AvgIpc) is 4.11. The molecule has 0 bridgehead atoms. The Hall–Kier alpha value is -7.18. The number of fused-ring (bicyclic) bond motifs is 3. The van der Waals surface area contributed by atoms with Crippen LogP contribution >= 0.6 is 0 Å². The predicted molar refractivity (Wildman–Crippen MR) is 251 cm³/mol. The van der Waals surface area contributed by atoms with Gasteiger partial charge in [0.15, 0.2) is 34.4 Å². The molecule has 25 heteroatoms. The molecule has 0 saturated heterocycles. The summed E-state index contributed by atoms with van der Waals surface area (Å²) < 4.78 is 12.5. The molecule has 9 rings (SSSR count). The van der Waals surface area contributed by atoms with Crippen molar-refractivity contribution in [2.24, 2.45) is 23.7 Å². The van der Waals surface area contributed by atoms with Crippen LogP contribution in [0.3, 0.4) is 0 Å². The summed E-state index contributed by atoms with van der Waals surface area (Å²) in [5.41, 5.74) is 20.3. The number of aromatic amines is 4. The number of rotatable bonds is 5. The van der Waals surface area contributed by atoms with Crippen molar-refractivity contribution in [3.8, 4) is 0 Å². The molecule has 0 spiro atoms. The van der Waals surface area contributed by atoms with Gasteiger partial charge in [0.1, 0.15) is 35.5 Å². The molecule has 0 aromatic carbocycles. The van der Waals surface area contributed by atoms with Crippen LogP contribution in [0.15, 0.2) is 33.4 Å². The minimum absolute atomic E-state index is 0. The smallest absolute Gasteiger partial charge is 0.328 e. The van der Waals surface area contributed by atoms with E-state index in [1.54, 1.807) is 10.0 Å². The first-order valence-corrected chi connectivity index (χ1v) is 19.4. The molecule has 1 amide bonds. The molecule has 3 aliphatic rings. The highest BCUT2D eigenvalue weighted by Crippen LogP contribution is 2.37. The maximum Gasteiger partial charge on any atom is 0.328 e. The van der Waals surface area contributed by atoms with Crippen LogP contribution < -0.4 is 39.8 Å². The molecule has 3 fully saturated rings. The van der Waals surface area contributed by atoms with E-state index >= 15 is 0 Å². The molecule has 366 valence electrons. The molecular formula is C41H68N16O9. The lowest BCUT2D eigenvalue weighted by atomic mass is 10.1. The minimum atomic E-state index is -0.422. The van der Waals surface area contributed by atoms with Crippen LogP contribution in [0.2, 0.25) is 0 Å². The second-order valence-electron chi connectivity index (χ2n) is 15.0. The van der Waals surface area contributed by atoms with Gasteiger partial charge < -0.3 is 41.6 Å². The Labute approximate surface area is 381 Å². The molecular weight excluding hydrogens is 861 g/mol. The largest absolute Gasteiger partial charge is 0.469 e. The highest BCUT2D eigenvalue weighted by molar-refractivity contribution is 5.83. The van der Waals surface area contributed by atoms with Gasteiger partial charge in [0.25, 0.3) is 0 Å². The second kappa shape index (κ2) is 24.8. The summed E-state index contributed by atoms with van der Waals surface area (Å²) in [4.78, 5) is 102. The Morgan fingerprint density at radius 2 is 1.03 bits per heavy atom. The number of nitrogen functional groups attached to an aromatic ring is 3. The highest BCUT2D eigenvalue weighted by atomic mass is 16.5. The van der Waals surface area contributed by atoms with Gasteiger partial charge >= 0.3 is 29.0 Å². The molecule has 0 aliphatic heterocycles. The van der Waals surface area contributed by atoms with E-state index in [-0.39, 0.29) is 113 Å². The fraction of sp³-hybridized carbons (Fsp3) is 0.561. The number of anilines is 3. The summed E-state index contributed by atoms with van der Waals surface area (Å²) in [5, 5.41) is 8.66. The maximum absolute atomic E-state index is 12.1. The lowest BCUT2D eigenvalue weighted by Gasteiger charge is -2.11. The number of aromatic nitrogens is 12. The molecule has 6 atom stereocenters. The summed E-state index contributed by atoms with van der Waals surface area (Å²) >= 11 is 0. The Balaban J connectivity index is 0.000000447. The fourth-order valence-corrected chi connectivity index (χ4v) is 8.14. The van der Waals surface area contributed by atoms with E-state index in [1.807, 2.05) is 0 Å². The molecule has 3 aliphatic carbocycles. The van der Waals surface area contributed by atoms with Gasteiger partial charge in [0.05, 0.1) is 26.1 Å². The Morgan fingerprint density at radius 3 is 1.47 bits per heavy atom. The van der Waals surface area contributed by atoms with Gasteiger partial charge in [-0.3, -0.25) is 33.7 Å². The third-order valence-corrected chi connectivity index (χ3v) is 11.2. The van der Waals surface area contributed by atoms with E-state index in [1.165, 1.54) is 44.2 Å². The first-order chi connectivity index (χ1) is 29.2. The van der Waals surface area contributed by atoms with Crippen LogP contribution in [0.5, 0.6) is 0 Å². The van der Waals surface area contributed by atoms with Crippen molar-refractivity contribution in [2.75, 3.05) is 31.4 Å². The number of imidazole rings is 3. The SMILES string of the molecule is C.C.C.C.C.COC(=O)[C@@H]1CC[C@@H](n2c(=O)[nH]c3c(N)ncnc32)C1.COC(=O)[C@@H]1CC[C@H](C)C1.Nc1ncnc2[nH]c(=O)[nH]c12.Nc1ncnc2c1[nH]c(=O)n2[C@@H]1CC[C@@H](C(=O)NO)C1. The lowest BCUT2D eigenvalue weighted by Crippen LogP contribution is -2.27. The Kier molecular flexibility index (Phi) is 21.3. The molecule has 12 N–H and O–H groups in total. The van der Waals surface area contributed by atoms with Crippen LogP contribution in [0.4, 0.5) is 17.5 Å². The molecule has 6 aromatic heterocycles. The average molecular weight is 929 g/mol. The minimum Gasteiger partial charge on any atom is -0.469 e. The predicted octanol–water partition coefficient (Wildman–Crippen LogP) is 3.77. The van der Waals surface area contributed by atoms with Crippen molar-refractivity contribution in [1.82, 2.24) is 64.5 Å². The molecule has 0 radical (unpaired) electrons. The van der Waals surface area contributed by atoms with Gasteiger partial charge in [-0.25, -0.2) is 49.8 Å². The van der Waals surface area contributed by atoms with Gasteiger partial charge in [0, 0.05) is 18.0 Å². The number of carbonyl (C=O) groups is 3.